The number of aliphatic imine (C=N–C) groups is 1. The summed E-state index contributed by atoms with van der Waals surface area (Å²) in [6.07, 6.45) is 3.92. The molecule has 0 aliphatic carbocycles. The molecular formula is C19H30N4O3S. The van der Waals surface area contributed by atoms with Gasteiger partial charge in [0.2, 0.25) is 10.0 Å². The summed E-state index contributed by atoms with van der Waals surface area (Å²) in [6, 6.07) is 7.76. The van der Waals surface area contributed by atoms with E-state index in [1.54, 1.807) is 7.05 Å². The fourth-order valence-electron chi connectivity index (χ4n) is 3.82. The number of benzene rings is 1. The van der Waals surface area contributed by atoms with E-state index < -0.39 is 10.0 Å². The van der Waals surface area contributed by atoms with Crippen LogP contribution >= 0.6 is 0 Å². The third-order valence-electron chi connectivity index (χ3n) is 4.98. The van der Waals surface area contributed by atoms with Crippen LogP contribution in [0.1, 0.15) is 44.2 Å². The summed E-state index contributed by atoms with van der Waals surface area (Å²) in [4.78, 5) is 4.30. The molecule has 2 saturated heterocycles. The average molecular weight is 395 g/mol. The smallest absolute Gasteiger partial charge is 0.216 e. The van der Waals surface area contributed by atoms with Crippen molar-refractivity contribution in [2.75, 3.05) is 7.05 Å². The van der Waals surface area contributed by atoms with Gasteiger partial charge in [-0.3, -0.25) is 4.99 Å². The van der Waals surface area contributed by atoms with Gasteiger partial charge in [-0.1, -0.05) is 24.3 Å². The lowest BCUT2D eigenvalue weighted by Crippen LogP contribution is -2.47. The Morgan fingerprint density at radius 2 is 2.00 bits per heavy atom. The third kappa shape index (κ3) is 5.43. The van der Waals surface area contributed by atoms with Crippen LogP contribution in [0.4, 0.5) is 0 Å². The van der Waals surface area contributed by atoms with Crippen molar-refractivity contribution in [1.82, 2.24) is 15.4 Å². The molecule has 1 aromatic carbocycles. The Morgan fingerprint density at radius 3 is 2.59 bits per heavy atom. The van der Waals surface area contributed by atoms with Crippen LogP contribution in [-0.4, -0.2) is 45.7 Å². The maximum Gasteiger partial charge on any atom is 0.216 e. The van der Waals surface area contributed by atoms with E-state index in [2.05, 4.69) is 20.3 Å². The first kappa shape index (κ1) is 20.1. The summed E-state index contributed by atoms with van der Waals surface area (Å²) in [6.45, 7) is 4.15. The molecule has 27 heavy (non-hydrogen) atoms. The first-order valence-corrected chi connectivity index (χ1v) is 11.2. The molecule has 1 aromatic rings. The van der Waals surface area contributed by atoms with Gasteiger partial charge in [0, 0.05) is 19.6 Å². The molecule has 0 spiro atoms. The molecule has 2 aliphatic rings. The van der Waals surface area contributed by atoms with Crippen molar-refractivity contribution in [3.63, 3.8) is 0 Å². The zero-order chi connectivity index (χ0) is 19.4. The van der Waals surface area contributed by atoms with E-state index in [1.807, 2.05) is 38.1 Å². The third-order valence-corrected chi connectivity index (χ3v) is 6.50. The van der Waals surface area contributed by atoms with Gasteiger partial charge >= 0.3 is 0 Å². The van der Waals surface area contributed by atoms with Gasteiger partial charge in [-0.2, -0.15) is 0 Å². The molecule has 2 bridgehead atoms. The summed E-state index contributed by atoms with van der Waals surface area (Å²) in [5.74, 6) is 0.684. The van der Waals surface area contributed by atoms with Crippen LogP contribution < -0.4 is 15.4 Å². The zero-order valence-electron chi connectivity index (χ0n) is 16.2. The molecule has 0 saturated carbocycles. The van der Waals surface area contributed by atoms with E-state index in [0.717, 1.165) is 30.4 Å². The Balaban J connectivity index is 1.60. The lowest BCUT2D eigenvalue weighted by Gasteiger charge is -2.23. The van der Waals surface area contributed by atoms with E-state index in [0.29, 0.717) is 24.7 Å². The number of hydrogen-bond donors (Lipinski definition) is 3. The van der Waals surface area contributed by atoms with Gasteiger partial charge in [0.15, 0.2) is 5.96 Å². The minimum atomic E-state index is -3.37. The maximum atomic E-state index is 12.3. The van der Waals surface area contributed by atoms with Crippen LogP contribution in [0.5, 0.6) is 0 Å². The summed E-state index contributed by atoms with van der Waals surface area (Å²) < 4.78 is 33.1. The molecular weight excluding hydrogens is 364 g/mol. The van der Waals surface area contributed by atoms with Gasteiger partial charge in [0.1, 0.15) is 0 Å². The second-order valence-electron chi connectivity index (χ2n) is 7.59. The van der Waals surface area contributed by atoms with Crippen molar-refractivity contribution in [3.8, 4) is 0 Å². The van der Waals surface area contributed by atoms with Gasteiger partial charge in [0.05, 0.1) is 24.0 Å². The van der Waals surface area contributed by atoms with Gasteiger partial charge < -0.3 is 15.4 Å². The average Bonchev–Trinajstić information content (AvgIpc) is 3.21. The van der Waals surface area contributed by atoms with Crippen molar-refractivity contribution in [1.29, 1.82) is 0 Å². The number of ether oxygens (including phenoxy) is 1. The lowest BCUT2D eigenvalue weighted by molar-refractivity contribution is 0.0992. The van der Waals surface area contributed by atoms with Crippen LogP contribution in [0.15, 0.2) is 29.3 Å². The minimum Gasteiger partial charge on any atom is -0.373 e. The Hall–Kier alpha value is -1.64. The van der Waals surface area contributed by atoms with E-state index in [4.69, 9.17) is 4.74 Å². The zero-order valence-corrected chi connectivity index (χ0v) is 17.1. The minimum absolute atomic E-state index is 0.0325. The molecule has 3 rings (SSSR count). The predicted octanol–water partition coefficient (Wildman–Crippen LogP) is 1.50. The number of sulfonamides is 1. The van der Waals surface area contributed by atoms with E-state index in [1.165, 1.54) is 0 Å². The fourth-order valence-corrected chi connectivity index (χ4v) is 5.31. The molecule has 3 atom stereocenters. The Labute approximate surface area is 162 Å². The van der Waals surface area contributed by atoms with Crippen molar-refractivity contribution in [2.24, 2.45) is 4.99 Å². The second-order valence-corrected chi connectivity index (χ2v) is 9.34. The second kappa shape index (κ2) is 8.58. The maximum absolute atomic E-state index is 12.3. The molecule has 3 unspecified atom stereocenters. The van der Waals surface area contributed by atoms with Gasteiger partial charge in [-0.15, -0.1) is 0 Å². The number of rotatable bonds is 7. The first-order valence-electron chi connectivity index (χ1n) is 9.55. The van der Waals surface area contributed by atoms with Gasteiger partial charge in [0.25, 0.3) is 0 Å². The standard InChI is InChI=1S/C19H30N4O3S/c1-13(2)23-27(24,25)12-15-7-5-4-6-14(15)11-21-19(20-3)22-17-10-16-8-9-18(17)26-16/h4-7,13,16-18,23H,8-12H2,1-3H3,(H2,20,21,22). The van der Waals surface area contributed by atoms with Gasteiger partial charge in [-0.25, -0.2) is 13.1 Å². The Bertz CT molecular complexity index is 779. The molecule has 0 amide bonds. The normalized spacial score (nSPS) is 25.2. The van der Waals surface area contributed by atoms with E-state index in [9.17, 15) is 8.42 Å². The van der Waals surface area contributed by atoms with Crippen LogP contribution in [0.3, 0.4) is 0 Å². The quantitative estimate of drug-likeness (QED) is 0.482. The van der Waals surface area contributed by atoms with Crippen LogP contribution in [-0.2, 0) is 27.1 Å². The molecule has 8 heteroatoms. The topological polar surface area (TPSA) is 91.8 Å². The predicted molar refractivity (Wildman–Crippen MR) is 107 cm³/mol. The Kier molecular flexibility index (Phi) is 6.39. The molecule has 0 aromatic heterocycles. The monoisotopic (exact) mass is 394 g/mol. The highest BCUT2D eigenvalue weighted by Crippen LogP contribution is 2.34. The molecule has 2 heterocycles. The largest absolute Gasteiger partial charge is 0.373 e. The van der Waals surface area contributed by atoms with Crippen molar-refractivity contribution in [3.05, 3.63) is 35.4 Å². The summed E-state index contributed by atoms with van der Waals surface area (Å²) in [5.41, 5.74) is 1.73. The lowest BCUT2D eigenvalue weighted by atomic mass is 9.96. The molecule has 2 fully saturated rings. The highest BCUT2D eigenvalue weighted by Gasteiger charge is 2.41. The number of fused-ring (bicyclic) bond motifs is 2. The van der Waals surface area contributed by atoms with Crippen LogP contribution in [0.2, 0.25) is 0 Å². The summed E-state index contributed by atoms with van der Waals surface area (Å²) in [7, 11) is -1.62. The first-order chi connectivity index (χ1) is 12.9. The molecule has 0 radical (unpaired) electrons. The van der Waals surface area contributed by atoms with Crippen molar-refractivity contribution < 1.29 is 13.2 Å². The number of nitrogens with one attached hydrogen (secondary N) is 3. The molecule has 150 valence electrons. The highest BCUT2D eigenvalue weighted by atomic mass is 32.2. The van der Waals surface area contributed by atoms with Crippen molar-refractivity contribution >= 4 is 16.0 Å². The Morgan fingerprint density at radius 1 is 1.26 bits per heavy atom. The van der Waals surface area contributed by atoms with Gasteiger partial charge in [-0.05, 0) is 44.2 Å². The highest BCUT2D eigenvalue weighted by molar-refractivity contribution is 7.88. The molecule has 7 nitrogen and oxygen atoms in total. The van der Waals surface area contributed by atoms with Crippen LogP contribution in [0.25, 0.3) is 0 Å². The van der Waals surface area contributed by atoms with E-state index in [-0.39, 0.29) is 17.9 Å². The summed E-state index contributed by atoms with van der Waals surface area (Å²) in [5, 5.41) is 6.75. The molecule has 2 aliphatic heterocycles. The molecule has 3 N–H and O–H groups in total. The van der Waals surface area contributed by atoms with E-state index >= 15 is 0 Å². The fraction of sp³-hybridized carbons (Fsp3) is 0.632. The number of guanidine groups is 1. The summed E-state index contributed by atoms with van der Waals surface area (Å²) >= 11 is 0. The van der Waals surface area contributed by atoms with Crippen LogP contribution in [0, 0.1) is 0 Å². The number of nitrogens with zero attached hydrogens (tertiary/aromatic N) is 1. The SMILES string of the molecule is CN=C(NCc1ccccc1CS(=O)(=O)NC(C)C)NC1CC2CCC1O2. The number of hydrogen-bond acceptors (Lipinski definition) is 4. The van der Waals surface area contributed by atoms with Crippen molar-refractivity contribution in [2.45, 2.75) is 69.7 Å².